The Morgan fingerprint density at radius 2 is 1.34 bits per heavy atom. The first-order chi connectivity index (χ1) is 14.3. The average molecular weight is 393 g/mol. The van der Waals surface area contributed by atoms with E-state index in [9.17, 15) is 0 Å². The van der Waals surface area contributed by atoms with Gasteiger partial charge in [0.1, 0.15) is 0 Å². The third-order valence-corrected chi connectivity index (χ3v) is 6.74. The lowest BCUT2D eigenvalue weighted by molar-refractivity contribution is 0.252. The molecular formula is C27H40N2. The van der Waals surface area contributed by atoms with Crippen molar-refractivity contribution in [2.75, 3.05) is 0 Å². The van der Waals surface area contributed by atoms with Crippen LogP contribution in [-0.2, 0) is 12.8 Å². The molecule has 3 rings (SSSR count). The SMILES string of the molecule is CCCCCCc1ccc(-c2ncc(CC[C@H]3CC[C@H](CCC)CC3)cn2)cc1. The predicted molar refractivity (Wildman–Crippen MR) is 124 cm³/mol. The van der Waals surface area contributed by atoms with E-state index < -0.39 is 0 Å². The van der Waals surface area contributed by atoms with Gasteiger partial charge in [0, 0.05) is 18.0 Å². The minimum atomic E-state index is 0.853. The highest BCUT2D eigenvalue weighted by Crippen LogP contribution is 2.33. The number of unbranched alkanes of at least 4 members (excludes halogenated alkanes) is 3. The fraction of sp³-hybridized carbons (Fsp3) is 0.630. The first kappa shape index (κ1) is 22.0. The van der Waals surface area contributed by atoms with Crippen LogP contribution in [0.2, 0.25) is 0 Å². The maximum Gasteiger partial charge on any atom is 0.159 e. The van der Waals surface area contributed by atoms with Gasteiger partial charge in [-0.2, -0.15) is 0 Å². The summed E-state index contributed by atoms with van der Waals surface area (Å²) in [5.41, 5.74) is 3.84. The number of nitrogens with zero attached hydrogens (tertiary/aromatic N) is 2. The maximum absolute atomic E-state index is 4.65. The summed E-state index contributed by atoms with van der Waals surface area (Å²) in [4.78, 5) is 9.31. The van der Waals surface area contributed by atoms with Crippen molar-refractivity contribution < 1.29 is 0 Å². The lowest BCUT2D eigenvalue weighted by Gasteiger charge is -2.28. The Labute approximate surface area is 178 Å². The Balaban J connectivity index is 1.44. The molecule has 1 aromatic heterocycles. The highest BCUT2D eigenvalue weighted by Gasteiger charge is 2.20. The fourth-order valence-corrected chi connectivity index (χ4v) is 4.80. The van der Waals surface area contributed by atoms with Crippen molar-refractivity contribution in [3.8, 4) is 11.4 Å². The Morgan fingerprint density at radius 3 is 1.97 bits per heavy atom. The Bertz CT molecular complexity index is 681. The van der Waals surface area contributed by atoms with Crippen LogP contribution in [0.4, 0.5) is 0 Å². The molecule has 0 unspecified atom stereocenters. The van der Waals surface area contributed by atoms with Crippen LogP contribution in [0, 0.1) is 11.8 Å². The van der Waals surface area contributed by atoms with Crippen LogP contribution in [0.15, 0.2) is 36.7 Å². The Hall–Kier alpha value is -1.70. The lowest BCUT2D eigenvalue weighted by atomic mass is 9.78. The number of aryl methyl sites for hydroxylation is 2. The second-order valence-electron chi connectivity index (χ2n) is 9.14. The summed E-state index contributed by atoms with van der Waals surface area (Å²) >= 11 is 0. The van der Waals surface area contributed by atoms with Crippen molar-refractivity contribution in [3.05, 3.63) is 47.8 Å². The van der Waals surface area contributed by atoms with Gasteiger partial charge in [-0.1, -0.05) is 95.9 Å². The zero-order valence-electron chi connectivity index (χ0n) is 18.7. The first-order valence-corrected chi connectivity index (χ1v) is 12.2. The number of rotatable bonds is 11. The minimum Gasteiger partial charge on any atom is -0.236 e. The molecule has 0 aliphatic heterocycles. The van der Waals surface area contributed by atoms with Gasteiger partial charge in [0.05, 0.1) is 0 Å². The van der Waals surface area contributed by atoms with Gasteiger partial charge in [-0.3, -0.25) is 0 Å². The summed E-state index contributed by atoms with van der Waals surface area (Å²) in [6.07, 6.45) is 21.5. The van der Waals surface area contributed by atoms with Crippen molar-refractivity contribution >= 4 is 0 Å². The normalized spacial score (nSPS) is 19.4. The molecule has 1 fully saturated rings. The summed E-state index contributed by atoms with van der Waals surface area (Å²) in [7, 11) is 0. The van der Waals surface area contributed by atoms with Crippen molar-refractivity contribution in [2.24, 2.45) is 11.8 Å². The molecule has 2 nitrogen and oxygen atoms in total. The molecule has 1 aromatic carbocycles. The smallest absolute Gasteiger partial charge is 0.159 e. The number of hydrogen-bond donors (Lipinski definition) is 0. The van der Waals surface area contributed by atoms with Gasteiger partial charge in [0.2, 0.25) is 0 Å². The third kappa shape index (κ3) is 7.24. The lowest BCUT2D eigenvalue weighted by Crippen LogP contribution is -2.15. The topological polar surface area (TPSA) is 25.8 Å². The van der Waals surface area contributed by atoms with Gasteiger partial charge in [-0.15, -0.1) is 0 Å². The molecule has 1 aliphatic carbocycles. The molecule has 1 heterocycles. The first-order valence-electron chi connectivity index (χ1n) is 12.2. The predicted octanol–water partition coefficient (Wildman–Crippen LogP) is 7.81. The molecule has 29 heavy (non-hydrogen) atoms. The molecule has 2 aromatic rings. The van der Waals surface area contributed by atoms with Gasteiger partial charge in [-0.25, -0.2) is 9.97 Å². The van der Waals surface area contributed by atoms with Crippen LogP contribution < -0.4 is 0 Å². The highest BCUT2D eigenvalue weighted by molar-refractivity contribution is 5.55. The molecule has 0 N–H and O–H groups in total. The van der Waals surface area contributed by atoms with Crippen molar-refractivity contribution in [1.82, 2.24) is 9.97 Å². The van der Waals surface area contributed by atoms with Crippen LogP contribution in [-0.4, -0.2) is 9.97 Å². The van der Waals surface area contributed by atoms with E-state index in [0.29, 0.717) is 0 Å². The average Bonchev–Trinajstić information content (AvgIpc) is 2.77. The minimum absolute atomic E-state index is 0.853. The van der Waals surface area contributed by atoms with E-state index in [0.717, 1.165) is 29.6 Å². The Kier molecular flexibility index (Phi) is 9.18. The summed E-state index contributed by atoms with van der Waals surface area (Å²) in [5.74, 6) is 2.76. The molecule has 0 amide bonds. The maximum atomic E-state index is 4.65. The summed E-state index contributed by atoms with van der Waals surface area (Å²) in [5, 5.41) is 0. The van der Waals surface area contributed by atoms with Crippen molar-refractivity contribution in [3.63, 3.8) is 0 Å². The summed E-state index contributed by atoms with van der Waals surface area (Å²) in [6, 6.07) is 8.85. The quantitative estimate of drug-likeness (QED) is 0.364. The second kappa shape index (κ2) is 12.1. The van der Waals surface area contributed by atoms with E-state index in [1.165, 1.54) is 88.2 Å². The van der Waals surface area contributed by atoms with E-state index in [-0.39, 0.29) is 0 Å². The molecular weight excluding hydrogens is 352 g/mol. The van der Waals surface area contributed by atoms with Crippen LogP contribution >= 0.6 is 0 Å². The number of aromatic nitrogens is 2. The van der Waals surface area contributed by atoms with Crippen LogP contribution in [0.25, 0.3) is 11.4 Å². The van der Waals surface area contributed by atoms with Crippen LogP contribution in [0.5, 0.6) is 0 Å². The van der Waals surface area contributed by atoms with E-state index in [1.54, 1.807) is 0 Å². The zero-order valence-corrected chi connectivity index (χ0v) is 18.7. The van der Waals surface area contributed by atoms with Gasteiger partial charge in [-0.05, 0) is 48.6 Å². The summed E-state index contributed by atoms with van der Waals surface area (Å²) < 4.78 is 0. The van der Waals surface area contributed by atoms with Gasteiger partial charge >= 0.3 is 0 Å². The van der Waals surface area contributed by atoms with Crippen LogP contribution in [0.3, 0.4) is 0 Å². The van der Waals surface area contributed by atoms with Gasteiger partial charge in [0.15, 0.2) is 5.82 Å². The number of benzene rings is 1. The van der Waals surface area contributed by atoms with Crippen molar-refractivity contribution in [2.45, 2.75) is 97.3 Å². The number of hydrogen-bond acceptors (Lipinski definition) is 2. The molecule has 0 spiro atoms. The monoisotopic (exact) mass is 392 g/mol. The second-order valence-corrected chi connectivity index (χ2v) is 9.14. The van der Waals surface area contributed by atoms with Gasteiger partial charge < -0.3 is 0 Å². The standard InChI is InChI=1S/C27H40N2/c1-3-5-6-7-9-23-16-18-26(19-17-23)27-28-20-25(21-29-27)15-14-24-12-10-22(8-4-2)11-13-24/h16-22,24H,3-15H2,1-2H3/t22-,24-. The fourth-order valence-electron chi connectivity index (χ4n) is 4.80. The van der Waals surface area contributed by atoms with Crippen LogP contribution in [0.1, 0.15) is 95.6 Å². The Morgan fingerprint density at radius 1 is 0.690 bits per heavy atom. The molecule has 1 saturated carbocycles. The molecule has 0 bridgehead atoms. The highest BCUT2D eigenvalue weighted by atomic mass is 14.9. The molecule has 0 saturated heterocycles. The van der Waals surface area contributed by atoms with Crippen molar-refractivity contribution in [1.29, 1.82) is 0 Å². The van der Waals surface area contributed by atoms with E-state index >= 15 is 0 Å². The van der Waals surface area contributed by atoms with E-state index in [2.05, 4.69) is 48.1 Å². The third-order valence-electron chi connectivity index (χ3n) is 6.74. The largest absolute Gasteiger partial charge is 0.236 e. The molecule has 0 atom stereocenters. The molecule has 0 radical (unpaired) electrons. The molecule has 2 heteroatoms. The van der Waals surface area contributed by atoms with E-state index in [1.807, 2.05) is 12.4 Å². The summed E-state index contributed by atoms with van der Waals surface area (Å²) in [6.45, 7) is 4.58. The molecule has 1 aliphatic rings. The zero-order chi connectivity index (χ0) is 20.3. The molecule has 158 valence electrons. The van der Waals surface area contributed by atoms with Gasteiger partial charge in [0.25, 0.3) is 0 Å². The van der Waals surface area contributed by atoms with E-state index in [4.69, 9.17) is 0 Å².